The Labute approximate surface area is 96.0 Å². The highest BCUT2D eigenvalue weighted by molar-refractivity contribution is 9.11. The van der Waals surface area contributed by atoms with Crippen molar-refractivity contribution in [3.05, 3.63) is 57.8 Å². The third-order valence-corrected chi connectivity index (χ3v) is 2.48. The van der Waals surface area contributed by atoms with Gasteiger partial charge < -0.3 is 4.57 Å². The predicted molar refractivity (Wildman–Crippen MR) is 66.3 cm³/mol. The van der Waals surface area contributed by atoms with Crippen molar-refractivity contribution >= 4 is 26.8 Å². The quantitative estimate of drug-likeness (QED) is 0.817. The van der Waals surface area contributed by atoms with Gasteiger partial charge in [0.1, 0.15) is 0 Å². The summed E-state index contributed by atoms with van der Waals surface area (Å²) < 4.78 is 2.88. The van der Waals surface area contributed by atoms with Gasteiger partial charge in [-0.1, -0.05) is 34.6 Å². The van der Waals surface area contributed by atoms with Crippen LogP contribution in [0.15, 0.2) is 52.4 Å². The normalized spacial score (nSPS) is 10.5. The average Bonchev–Trinajstić information content (AvgIpc) is 2.22. The molecule has 0 atom stereocenters. The van der Waals surface area contributed by atoms with Crippen molar-refractivity contribution in [1.29, 1.82) is 0 Å². The Hall–Kier alpha value is -1.35. The minimum Gasteiger partial charge on any atom is -0.342 e. The van der Waals surface area contributed by atoms with Gasteiger partial charge in [-0.15, -0.1) is 0 Å². The Morgan fingerprint density at radius 1 is 1.33 bits per heavy atom. The molecule has 2 nitrogen and oxygen atoms in total. The highest BCUT2D eigenvalue weighted by Crippen LogP contribution is 2.12. The predicted octanol–water partition coefficient (Wildman–Crippen LogP) is 2.91. The van der Waals surface area contributed by atoms with Gasteiger partial charge in [-0.25, -0.2) is 0 Å². The highest BCUT2D eigenvalue weighted by atomic mass is 79.9. The zero-order valence-corrected chi connectivity index (χ0v) is 9.70. The number of rotatable bonds is 2. The summed E-state index contributed by atoms with van der Waals surface area (Å²) in [7, 11) is 0. The Morgan fingerprint density at radius 2 is 2.07 bits per heavy atom. The first kappa shape index (κ1) is 10.2. The molecule has 0 amide bonds. The number of aromatic nitrogens is 1. The van der Waals surface area contributed by atoms with Crippen LogP contribution in [0.1, 0.15) is 0 Å². The smallest absolute Gasteiger partial charge is 0.189 e. The maximum Gasteiger partial charge on any atom is 0.189 e. The molecule has 0 radical (unpaired) electrons. The Morgan fingerprint density at radius 3 is 2.80 bits per heavy atom. The third-order valence-electron chi connectivity index (χ3n) is 2.23. The second kappa shape index (κ2) is 4.03. The second-order valence-electron chi connectivity index (χ2n) is 3.34. The summed E-state index contributed by atoms with van der Waals surface area (Å²) in [4.78, 5) is 11.6. The van der Waals surface area contributed by atoms with E-state index in [-0.39, 0.29) is 5.43 Å². The Bertz CT molecular complexity index is 571. The summed E-state index contributed by atoms with van der Waals surface area (Å²) >= 11 is 3.32. The molecule has 0 bridgehead atoms. The molecule has 0 aliphatic rings. The Balaban J connectivity index is 2.71. The molecule has 2 aromatic rings. The van der Waals surface area contributed by atoms with Crippen LogP contribution in [-0.2, 0) is 6.54 Å². The van der Waals surface area contributed by atoms with E-state index in [1.807, 2.05) is 28.8 Å². The van der Waals surface area contributed by atoms with E-state index < -0.39 is 0 Å². The molecule has 0 N–H and O–H groups in total. The van der Waals surface area contributed by atoms with Crippen LogP contribution in [0.5, 0.6) is 0 Å². The third kappa shape index (κ3) is 2.02. The summed E-state index contributed by atoms with van der Waals surface area (Å²) in [6.07, 6.45) is 1.79. The van der Waals surface area contributed by atoms with Gasteiger partial charge in [0.25, 0.3) is 0 Å². The van der Waals surface area contributed by atoms with E-state index in [1.165, 1.54) is 0 Å². The fourth-order valence-corrected chi connectivity index (χ4v) is 1.85. The topological polar surface area (TPSA) is 22.0 Å². The summed E-state index contributed by atoms with van der Waals surface area (Å²) in [6.45, 7) is 4.46. The van der Waals surface area contributed by atoms with Gasteiger partial charge >= 0.3 is 0 Å². The minimum atomic E-state index is 0.0574. The molecular formula is C12H10BrNO. The molecule has 0 aliphatic carbocycles. The van der Waals surface area contributed by atoms with Gasteiger partial charge in [-0.3, -0.25) is 4.79 Å². The van der Waals surface area contributed by atoms with Crippen LogP contribution in [0.4, 0.5) is 0 Å². The van der Waals surface area contributed by atoms with Crippen LogP contribution in [0, 0.1) is 0 Å². The van der Waals surface area contributed by atoms with Crippen LogP contribution in [0.25, 0.3) is 10.9 Å². The number of para-hydroxylation sites is 1. The largest absolute Gasteiger partial charge is 0.342 e. The first-order valence-electron chi connectivity index (χ1n) is 4.60. The average molecular weight is 264 g/mol. The van der Waals surface area contributed by atoms with E-state index in [0.29, 0.717) is 6.54 Å². The molecule has 1 heterocycles. The number of nitrogens with zero attached hydrogens (tertiary/aromatic N) is 1. The van der Waals surface area contributed by atoms with Crippen molar-refractivity contribution in [2.45, 2.75) is 6.54 Å². The fraction of sp³-hybridized carbons (Fsp3) is 0.0833. The van der Waals surface area contributed by atoms with Crippen molar-refractivity contribution in [3.63, 3.8) is 0 Å². The van der Waals surface area contributed by atoms with Crippen LogP contribution in [-0.4, -0.2) is 4.57 Å². The van der Waals surface area contributed by atoms with Gasteiger partial charge in [0.05, 0.1) is 12.1 Å². The molecule has 2 rings (SSSR count). The van der Waals surface area contributed by atoms with Gasteiger partial charge in [-0.2, -0.15) is 0 Å². The number of benzene rings is 1. The van der Waals surface area contributed by atoms with Crippen LogP contribution < -0.4 is 5.43 Å². The molecule has 3 heteroatoms. The van der Waals surface area contributed by atoms with Crippen LogP contribution in [0.3, 0.4) is 0 Å². The standard InChI is InChI=1S/C12H10BrNO/c1-9(13)8-14-7-6-12(15)10-4-2-3-5-11(10)14/h2-7H,1,8H2. The lowest BCUT2D eigenvalue weighted by Crippen LogP contribution is -2.07. The number of halogens is 1. The second-order valence-corrected chi connectivity index (χ2v) is 4.46. The Kier molecular flexibility index (Phi) is 2.73. The first-order valence-corrected chi connectivity index (χ1v) is 5.39. The molecule has 1 aromatic heterocycles. The zero-order chi connectivity index (χ0) is 10.8. The number of fused-ring (bicyclic) bond motifs is 1. The maximum absolute atomic E-state index is 11.6. The van der Waals surface area contributed by atoms with Gasteiger partial charge in [0, 0.05) is 22.1 Å². The van der Waals surface area contributed by atoms with Gasteiger partial charge in [-0.05, 0) is 12.1 Å². The van der Waals surface area contributed by atoms with Gasteiger partial charge in [0.15, 0.2) is 5.43 Å². The van der Waals surface area contributed by atoms with E-state index in [2.05, 4.69) is 22.5 Å². The van der Waals surface area contributed by atoms with E-state index >= 15 is 0 Å². The zero-order valence-electron chi connectivity index (χ0n) is 8.11. The fourth-order valence-electron chi connectivity index (χ4n) is 1.58. The molecule has 0 unspecified atom stereocenters. The monoisotopic (exact) mass is 263 g/mol. The molecule has 0 saturated carbocycles. The summed E-state index contributed by atoms with van der Waals surface area (Å²) in [6, 6.07) is 9.16. The van der Waals surface area contributed by atoms with Crippen molar-refractivity contribution < 1.29 is 0 Å². The lowest BCUT2D eigenvalue weighted by molar-refractivity contribution is 0.846. The van der Waals surface area contributed by atoms with Gasteiger partial charge in [0.2, 0.25) is 0 Å². The first-order chi connectivity index (χ1) is 7.18. The molecule has 1 aromatic carbocycles. The molecule has 0 fully saturated rings. The van der Waals surface area contributed by atoms with Crippen molar-refractivity contribution in [3.8, 4) is 0 Å². The van der Waals surface area contributed by atoms with Crippen molar-refractivity contribution in [2.24, 2.45) is 0 Å². The highest BCUT2D eigenvalue weighted by Gasteiger charge is 2.01. The SMILES string of the molecule is C=C(Br)Cn1ccc(=O)c2ccccc21. The number of allylic oxidation sites excluding steroid dienone is 1. The molecule has 0 spiro atoms. The van der Waals surface area contributed by atoms with Crippen LogP contribution >= 0.6 is 15.9 Å². The molecule has 76 valence electrons. The molecule has 15 heavy (non-hydrogen) atoms. The number of hydrogen-bond donors (Lipinski definition) is 0. The molecule has 0 saturated heterocycles. The molecule has 0 aliphatic heterocycles. The van der Waals surface area contributed by atoms with Crippen LogP contribution in [0.2, 0.25) is 0 Å². The van der Waals surface area contributed by atoms with E-state index in [1.54, 1.807) is 12.3 Å². The van der Waals surface area contributed by atoms with E-state index in [9.17, 15) is 4.79 Å². The van der Waals surface area contributed by atoms with E-state index in [4.69, 9.17) is 0 Å². The lowest BCUT2D eigenvalue weighted by atomic mass is 10.2. The number of pyridine rings is 1. The summed E-state index contributed by atoms with van der Waals surface area (Å²) in [5.74, 6) is 0. The summed E-state index contributed by atoms with van der Waals surface area (Å²) in [5, 5.41) is 0.744. The maximum atomic E-state index is 11.6. The molecular weight excluding hydrogens is 254 g/mol. The van der Waals surface area contributed by atoms with E-state index in [0.717, 1.165) is 15.4 Å². The number of hydrogen-bond acceptors (Lipinski definition) is 1. The summed E-state index contributed by atoms with van der Waals surface area (Å²) in [5.41, 5.74) is 0.993. The lowest BCUT2D eigenvalue weighted by Gasteiger charge is -2.09. The van der Waals surface area contributed by atoms with Crippen molar-refractivity contribution in [2.75, 3.05) is 0 Å². The minimum absolute atomic E-state index is 0.0574. The van der Waals surface area contributed by atoms with Crippen molar-refractivity contribution in [1.82, 2.24) is 4.57 Å².